The van der Waals surface area contributed by atoms with Crippen molar-refractivity contribution in [1.29, 1.82) is 0 Å². The fraction of sp³-hybridized carbons (Fsp3) is 0.231. The van der Waals surface area contributed by atoms with E-state index < -0.39 is 0 Å². The summed E-state index contributed by atoms with van der Waals surface area (Å²) in [6.45, 7) is 2.14. The summed E-state index contributed by atoms with van der Waals surface area (Å²) in [7, 11) is 0. The Morgan fingerprint density at radius 1 is 1.29 bits per heavy atom. The number of hydrogen-bond acceptors (Lipinski definition) is 1. The van der Waals surface area contributed by atoms with Crippen molar-refractivity contribution in [3.05, 3.63) is 55.1 Å². The van der Waals surface area contributed by atoms with Crippen molar-refractivity contribution in [2.75, 3.05) is 0 Å². The number of hydrogen-bond donors (Lipinski definition) is 0. The first-order chi connectivity index (χ1) is 8.11. The standard InChI is InChI=1S/C13H11BrCl2S/c1-2-9-4-6-12(17-9)13(16)10-5-3-8(14)7-11(10)15/h3-7,13H,2H2,1H3. The van der Waals surface area contributed by atoms with Gasteiger partial charge in [-0.15, -0.1) is 22.9 Å². The lowest BCUT2D eigenvalue weighted by Crippen LogP contribution is -1.91. The van der Waals surface area contributed by atoms with E-state index in [1.54, 1.807) is 11.3 Å². The maximum absolute atomic E-state index is 6.47. The van der Waals surface area contributed by atoms with Crippen molar-refractivity contribution in [3.8, 4) is 0 Å². The van der Waals surface area contributed by atoms with Crippen molar-refractivity contribution in [3.63, 3.8) is 0 Å². The van der Waals surface area contributed by atoms with Gasteiger partial charge in [0.1, 0.15) is 0 Å². The van der Waals surface area contributed by atoms with Crippen LogP contribution in [0.25, 0.3) is 0 Å². The summed E-state index contributed by atoms with van der Waals surface area (Å²) >= 11 is 17.8. The van der Waals surface area contributed by atoms with Crippen LogP contribution in [0.3, 0.4) is 0 Å². The van der Waals surface area contributed by atoms with E-state index in [1.165, 1.54) is 4.88 Å². The third-order valence-corrected chi connectivity index (χ3v) is 5.23. The van der Waals surface area contributed by atoms with Gasteiger partial charge in [0.25, 0.3) is 0 Å². The molecule has 0 radical (unpaired) electrons. The molecular formula is C13H11BrCl2S. The summed E-state index contributed by atoms with van der Waals surface area (Å²) < 4.78 is 0.968. The molecule has 1 aromatic carbocycles. The van der Waals surface area contributed by atoms with E-state index in [0.29, 0.717) is 5.02 Å². The van der Waals surface area contributed by atoms with Crippen molar-refractivity contribution in [2.45, 2.75) is 18.7 Å². The van der Waals surface area contributed by atoms with Crippen LogP contribution < -0.4 is 0 Å². The smallest absolute Gasteiger partial charge is 0.0942 e. The fourth-order valence-electron chi connectivity index (χ4n) is 1.58. The number of alkyl halides is 1. The number of halogens is 3. The first-order valence-corrected chi connectivity index (χ1v) is 7.72. The van der Waals surface area contributed by atoms with Crippen LogP contribution in [0.5, 0.6) is 0 Å². The van der Waals surface area contributed by atoms with Crippen LogP contribution in [-0.4, -0.2) is 0 Å². The van der Waals surface area contributed by atoms with Gasteiger partial charge in [-0.25, -0.2) is 0 Å². The SMILES string of the molecule is CCc1ccc(C(Cl)c2ccc(Br)cc2Cl)s1. The zero-order valence-electron chi connectivity index (χ0n) is 9.21. The number of thiophene rings is 1. The molecule has 0 N–H and O–H groups in total. The van der Waals surface area contributed by atoms with E-state index in [-0.39, 0.29) is 5.38 Å². The Morgan fingerprint density at radius 3 is 2.65 bits per heavy atom. The molecule has 0 saturated carbocycles. The predicted octanol–water partition coefficient (Wildman–Crippen LogP) is 6.05. The highest BCUT2D eigenvalue weighted by atomic mass is 79.9. The van der Waals surface area contributed by atoms with E-state index in [2.05, 4.69) is 35.0 Å². The van der Waals surface area contributed by atoms with E-state index in [0.717, 1.165) is 21.3 Å². The van der Waals surface area contributed by atoms with E-state index in [9.17, 15) is 0 Å². The maximum atomic E-state index is 6.47. The minimum Gasteiger partial charge on any atom is -0.143 e. The molecule has 90 valence electrons. The second-order valence-electron chi connectivity index (χ2n) is 3.69. The molecule has 0 amide bonds. The van der Waals surface area contributed by atoms with Crippen molar-refractivity contribution < 1.29 is 0 Å². The normalized spacial score (nSPS) is 12.7. The lowest BCUT2D eigenvalue weighted by atomic mass is 10.1. The Kier molecular flexibility index (Phi) is 4.53. The highest BCUT2D eigenvalue weighted by molar-refractivity contribution is 9.10. The van der Waals surface area contributed by atoms with Gasteiger partial charge in [0.2, 0.25) is 0 Å². The highest BCUT2D eigenvalue weighted by Crippen LogP contribution is 2.38. The molecular weight excluding hydrogens is 339 g/mol. The third-order valence-electron chi connectivity index (χ3n) is 2.52. The predicted molar refractivity (Wildman–Crippen MR) is 80.5 cm³/mol. The molecule has 2 rings (SSSR count). The highest BCUT2D eigenvalue weighted by Gasteiger charge is 2.16. The minimum atomic E-state index is -0.166. The molecule has 0 saturated heterocycles. The Hall–Kier alpha value is -0.0200. The number of benzene rings is 1. The molecule has 2 aromatic rings. The summed E-state index contributed by atoms with van der Waals surface area (Å²) in [6, 6.07) is 10.0. The molecule has 1 unspecified atom stereocenters. The van der Waals surface area contributed by atoms with Gasteiger partial charge in [-0.2, -0.15) is 0 Å². The summed E-state index contributed by atoms with van der Waals surface area (Å²) in [5.41, 5.74) is 0.959. The van der Waals surface area contributed by atoms with Crippen LogP contribution >= 0.6 is 50.5 Å². The zero-order valence-corrected chi connectivity index (χ0v) is 13.1. The van der Waals surface area contributed by atoms with Crippen LogP contribution in [0.15, 0.2) is 34.8 Å². The summed E-state index contributed by atoms with van der Waals surface area (Å²) in [5.74, 6) is 0. The topological polar surface area (TPSA) is 0 Å². The Bertz CT molecular complexity index is 522. The molecule has 0 aliphatic rings. The quantitative estimate of drug-likeness (QED) is 0.591. The molecule has 0 fully saturated rings. The maximum Gasteiger partial charge on any atom is 0.0942 e. The second kappa shape index (κ2) is 5.75. The fourth-order valence-corrected chi connectivity index (χ4v) is 3.77. The van der Waals surface area contributed by atoms with Crippen LogP contribution in [0.2, 0.25) is 5.02 Å². The molecule has 1 aromatic heterocycles. The second-order valence-corrected chi connectivity index (χ2v) is 6.65. The van der Waals surface area contributed by atoms with Gasteiger partial charge >= 0.3 is 0 Å². The molecule has 0 aliphatic heterocycles. The lowest BCUT2D eigenvalue weighted by Gasteiger charge is -2.10. The van der Waals surface area contributed by atoms with E-state index in [1.807, 2.05) is 18.2 Å². The minimum absolute atomic E-state index is 0.166. The van der Waals surface area contributed by atoms with Gasteiger partial charge in [0.15, 0.2) is 0 Å². The lowest BCUT2D eigenvalue weighted by molar-refractivity contribution is 1.18. The van der Waals surface area contributed by atoms with Crippen LogP contribution in [0.1, 0.15) is 27.6 Å². The average molecular weight is 350 g/mol. The number of aryl methyl sites for hydroxylation is 1. The first-order valence-electron chi connectivity index (χ1n) is 5.29. The van der Waals surface area contributed by atoms with Gasteiger partial charge in [-0.05, 0) is 36.2 Å². The largest absolute Gasteiger partial charge is 0.143 e. The number of rotatable bonds is 3. The van der Waals surface area contributed by atoms with Crippen molar-refractivity contribution in [2.24, 2.45) is 0 Å². The van der Waals surface area contributed by atoms with Gasteiger partial charge in [0.05, 0.1) is 5.38 Å². The molecule has 0 aliphatic carbocycles. The molecule has 1 heterocycles. The molecule has 1 atom stereocenters. The Morgan fingerprint density at radius 2 is 2.06 bits per heavy atom. The molecule has 0 bridgehead atoms. The summed E-state index contributed by atoms with van der Waals surface area (Å²) in [5, 5.41) is 0.534. The van der Waals surface area contributed by atoms with Gasteiger partial charge in [-0.3, -0.25) is 0 Å². The summed E-state index contributed by atoms with van der Waals surface area (Å²) in [4.78, 5) is 2.49. The molecule has 17 heavy (non-hydrogen) atoms. The van der Waals surface area contributed by atoms with Gasteiger partial charge < -0.3 is 0 Å². The monoisotopic (exact) mass is 348 g/mol. The Balaban J connectivity index is 2.33. The van der Waals surface area contributed by atoms with Crippen molar-refractivity contribution >= 4 is 50.5 Å². The Labute approximate surface area is 124 Å². The van der Waals surface area contributed by atoms with E-state index >= 15 is 0 Å². The molecule has 0 nitrogen and oxygen atoms in total. The van der Waals surface area contributed by atoms with Crippen LogP contribution in [0.4, 0.5) is 0 Å². The molecule has 4 heteroatoms. The van der Waals surface area contributed by atoms with Crippen LogP contribution in [-0.2, 0) is 6.42 Å². The first kappa shape index (κ1) is 13.4. The van der Waals surface area contributed by atoms with Gasteiger partial charge in [-0.1, -0.05) is 40.5 Å². The zero-order chi connectivity index (χ0) is 12.4. The third kappa shape index (κ3) is 3.05. The van der Waals surface area contributed by atoms with Gasteiger partial charge in [0, 0.05) is 19.2 Å². The molecule has 0 spiro atoms. The summed E-state index contributed by atoms with van der Waals surface area (Å²) in [6.07, 6.45) is 1.04. The van der Waals surface area contributed by atoms with Crippen molar-refractivity contribution in [1.82, 2.24) is 0 Å². The van der Waals surface area contributed by atoms with E-state index in [4.69, 9.17) is 23.2 Å². The van der Waals surface area contributed by atoms with Crippen LogP contribution in [0, 0.1) is 0 Å². The average Bonchev–Trinajstić information content (AvgIpc) is 2.76.